The van der Waals surface area contributed by atoms with Crippen molar-refractivity contribution < 1.29 is 14.2 Å². The number of hydrazone groups is 1. The summed E-state index contributed by atoms with van der Waals surface area (Å²) >= 11 is 0. The Labute approximate surface area is 195 Å². The number of methoxy groups -OCH3 is 2. The van der Waals surface area contributed by atoms with Crippen LogP contribution in [-0.4, -0.2) is 40.6 Å². The summed E-state index contributed by atoms with van der Waals surface area (Å²) in [6.07, 6.45) is 1.67. The molecule has 0 bridgehead atoms. The van der Waals surface area contributed by atoms with Crippen molar-refractivity contribution in [3.05, 3.63) is 77.9 Å². The first-order valence-electron chi connectivity index (χ1n) is 10.6. The highest BCUT2D eigenvalue weighted by molar-refractivity contribution is 6.03. The van der Waals surface area contributed by atoms with Gasteiger partial charge in [0.1, 0.15) is 29.4 Å². The Morgan fingerprint density at radius 2 is 1.82 bits per heavy atom. The number of hydrogen-bond acceptors (Lipinski definition) is 8. The lowest BCUT2D eigenvalue weighted by Gasteiger charge is -2.12. The zero-order valence-electron chi connectivity index (χ0n) is 18.6. The summed E-state index contributed by atoms with van der Waals surface area (Å²) in [4.78, 5) is 7.70. The topological polar surface area (TPSA) is 107 Å². The highest BCUT2D eigenvalue weighted by Crippen LogP contribution is 2.24. The first kappa shape index (κ1) is 21.2. The maximum Gasteiger partial charge on any atom is 0.265 e. The van der Waals surface area contributed by atoms with Crippen LogP contribution in [0.4, 0.5) is 5.95 Å². The average molecular weight is 454 g/mol. The van der Waals surface area contributed by atoms with Crippen LogP contribution in [0.3, 0.4) is 0 Å². The van der Waals surface area contributed by atoms with Crippen molar-refractivity contribution in [3.63, 3.8) is 0 Å². The van der Waals surface area contributed by atoms with Gasteiger partial charge < -0.3 is 19.2 Å². The molecule has 0 saturated carbocycles. The minimum Gasteiger partial charge on any atom is -0.497 e. The largest absolute Gasteiger partial charge is 0.497 e. The minimum atomic E-state index is 0.297. The van der Waals surface area contributed by atoms with Gasteiger partial charge in [-0.25, -0.2) is 5.43 Å². The number of aromatic nitrogens is 4. The standard InChI is InChI=1S/C25H22N6O3/c1-32-18-6-5-7-19(13-18)34-15-17-12-16(10-11-22(17)33-2)14-26-30-25-28-24-23(29-31-25)20-8-3-4-9-21(20)27-24/h3-14H,15H2,1-2H3,(H2,27,28,30,31). The van der Waals surface area contributed by atoms with Crippen LogP contribution in [0.1, 0.15) is 11.1 Å². The molecule has 0 atom stereocenters. The summed E-state index contributed by atoms with van der Waals surface area (Å²) in [6, 6.07) is 21.1. The van der Waals surface area contributed by atoms with Crippen molar-refractivity contribution in [1.82, 2.24) is 20.2 Å². The lowest BCUT2D eigenvalue weighted by atomic mass is 10.1. The second kappa shape index (κ2) is 9.45. The van der Waals surface area contributed by atoms with E-state index in [1.807, 2.05) is 66.7 Å². The number of hydrogen-bond donors (Lipinski definition) is 2. The Balaban J connectivity index is 1.30. The van der Waals surface area contributed by atoms with E-state index in [1.165, 1.54) is 0 Å². The monoisotopic (exact) mass is 454 g/mol. The summed E-state index contributed by atoms with van der Waals surface area (Å²) < 4.78 is 16.6. The minimum absolute atomic E-state index is 0.297. The van der Waals surface area contributed by atoms with E-state index in [2.05, 4.69) is 30.7 Å². The number of rotatable bonds is 8. The molecule has 3 aromatic carbocycles. The molecule has 0 aliphatic heterocycles. The van der Waals surface area contributed by atoms with Crippen LogP contribution in [0.2, 0.25) is 0 Å². The van der Waals surface area contributed by atoms with Crippen molar-refractivity contribution in [2.45, 2.75) is 6.61 Å². The van der Waals surface area contributed by atoms with E-state index in [4.69, 9.17) is 14.2 Å². The highest BCUT2D eigenvalue weighted by atomic mass is 16.5. The van der Waals surface area contributed by atoms with E-state index in [0.717, 1.165) is 39.0 Å². The van der Waals surface area contributed by atoms with Crippen LogP contribution in [0.15, 0.2) is 71.8 Å². The lowest BCUT2D eigenvalue weighted by Crippen LogP contribution is -2.01. The van der Waals surface area contributed by atoms with Gasteiger partial charge >= 0.3 is 0 Å². The van der Waals surface area contributed by atoms with E-state index in [1.54, 1.807) is 20.4 Å². The molecule has 0 spiro atoms. The third-order valence-electron chi connectivity index (χ3n) is 5.24. The van der Waals surface area contributed by atoms with Crippen LogP contribution < -0.4 is 19.6 Å². The van der Waals surface area contributed by atoms with Gasteiger partial charge in [-0.05, 0) is 42.0 Å². The van der Waals surface area contributed by atoms with Gasteiger partial charge in [-0.15, -0.1) is 10.2 Å². The van der Waals surface area contributed by atoms with Gasteiger partial charge in [-0.3, -0.25) is 0 Å². The molecule has 0 aliphatic carbocycles. The molecule has 9 nitrogen and oxygen atoms in total. The molecule has 0 saturated heterocycles. The van der Waals surface area contributed by atoms with Gasteiger partial charge in [-0.2, -0.15) is 10.1 Å². The second-order valence-electron chi connectivity index (χ2n) is 7.41. The molecule has 0 unspecified atom stereocenters. The zero-order valence-corrected chi connectivity index (χ0v) is 18.6. The maximum atomic E-state index is 5.92. The van der Waals surface area contributed by atoms with Gasteiger partial charge in [-0.1, -0.05) is 24.3 Å². The number of benzene rings is 3. The Hall–Kier alpha value is -4.66. The van der Waals surface area contributed by atoms with Crippen LogP contribution in [-0.2, 0) is 6.61 Å². The maximum absolute atomic E-state index is 5.92. The molecule has 5 aromatic rings. The van der Waals surface area contributed by atoms with Crippen molar-refractivity contribution in [2.75, 3.05) is 19.6 Å². The fourth-order valence-electron chi connectivity index (χ4n) is 3.58. The van der Waals surface area contributed by atoms with Crippen molar-refractivity contribution in [2.24, 2.45) is 5.10 Å². The smallest absolute Gasteiger partial charge is 0.265 e. The molecule has 0 aliphatic rings. The van der Waals surface area contributed by atoms with Crippen LogP contribution in [0, 0.1) is 0 Å². The molecule has 5 rings (SSSR count). The Bertz CT molecular complexity index is 1480. The van der Waals surface area contributed by atoms with Crippen LogP contribution in [0.25, 0.3) is 22.1 Å². The van der Waals surface area contributed by atoms with Gasteiger partial charge in [0.05, 0.1) is 20.4 Å². The molecule has 0 fully saturated rings. The first-order valence-corrected chi connectivity index (χ1v) is 10.6. The van der Waals surface area contributed by atoms with E-state index in [9.17, 15) is 0 Å². The van der Waals surface area contributed by atoms with Crippen molar-refractivity contribution >= 4 is 34.2 Å². The van der Waals surface area contributed by atoms with E-state index in [0.29, 0.717) is 24.0 Å². The number of fused-ring (bicyclic) bond motifs is 3. The number of H-pyrrole nitrogens is 1. The number of nitrogens with zero attached hydrogens (tertiary/aromatic N) is 4. The number of aromatic amines is 1. The zero-order chi connectivity index (χ0) is 23.3. The first-order chi connectivity index (χ1) is 16.7. The van der Waals surface area contributed by atoms with E-state index < -0.39 is 0 Å². The molecule has 34 heavy (non-hydrogen) atoms. The van der Waals surface area contributed by atoms with E-state index >= 15 is 0 Å². The molecule has 0 amide bonds. The Morgan fingerprint density at radius 1 is 0.941 bits per heavy atom. The molecular weight excluding hydrogens is 432 g/mol. The van der Waals surface area contributed by atoms with Gasteiger partial charge in [0, 0.05) is 22.5 Å². The predicted octanol–water partition coefficient (Wildman–Crippen LogP) is 4.55. The second-order valence-corrected chi connectivity index (χ2v) is 7.41. The number of anilines is 1. The Kier molecular flexibility index (Phi) is 5.89. The molecule has 2 aromatic heterocycles. The summed E-state index contributed by atoms with van der Waals surface area (Å²) in [6.45, 7) is 0.329. The number of nitrogens with one attached hydrogen (secondary N) is 2. The molecular formula is C25H22N6O3. The quantitative estimate of drug-likeness (QED) is 0.262. The third kappa shape index (κ3) is 4.44. The molecule has 9 heteroatoms. The average Bonchev–Trinajstić information content (AvgIpc) is 3.25. The number of ether oxygens (including phenoxy) is 3. The summed E-state index contributed by atoms with van der Waals surface area (Å²) in [5, 5.41) is 13.6. The lowest BCUT2D eigenvalue weighted by molar-refractivity contribution is 0.294. The molecule has 2 N–H and O–H groups in total. The van der Waals surface area contributed by atoms with Crippen LogP contribution in [0.5, 0.6) is 17.2 Å². The van der Waals surface area contributed by atoms with Gasteiger partial charge in [0.15, 0.2) is 5.65 Å². The Morgan fingerprint density at radius 3 is 2.71 bits per heavy atom. The van der Waals surface area contributed by atoms with Crippen LogP contribution >= 0.6 is 0 Å². The molecule has 170 valence electrons. The van der Waals surface area contributed by atoms with E-state index in [-0.39, 0.29) is 0 Å². The van der Waals surface area contributed by atoms with Crippen molar-refractivity contribution in [3.8, 4) is 17.2 Å². The summed E-state index contributed by atoms with van der Waals surface area (Å²) in [7, 11) is 3.25. The third-order valence-corrected chi connectivity index (χ3v) is 5.24. The highest BCUT2D eigenvalue weighted by Gasteiger charge is 2.09. The SMILES string of the molecule is COc1cccc(OCc2cc(C=NNc3nnc4c(n3)[nH]c3ccccc34)ccc2OC)c1. The summed E-state index contributed by atoms with van der Waals surface area (Å²) in [5.41, 5.74) is 6.91. The fourth-order valence-corrected chi connectivity index (χ4v) is 3.58. The molecule has 2 heterocycles. The summed E-state index contributed by atoms with van der Waals surface area (Å²) in [5.74, 6) is 2.47. The van der Waals surface area contributed by atoms with Gasteiger partial charge in [0.2, 0.25) is 0 Å². The predicted molar refractivity (Wildman–Crippen MR) is 131 cm³/mol. The molecule has 0 radical (unpaired) electrons. The number of para-hydroxylation sites is 1. The fraction of sp³-hybridized carbons (Fsp3) is 0.120. The normalized spacial score (nSPS) is 11.2. The van der Waals surface area contributed by atoms with Crippen molar-refractivity contribution in [1.29, 1.82) is 0 Å². The van der Waals surface area contributed by atoms with Gasteiger partial charge in [0.25, 0.3) is 5.95 Å².